The smallest absolute Gasteiger partial charge is 0.337 e. The zero-order valence-electron chi connectivity index (χ0n) is 16.5. The lowest BCUT2D eigenvalue weighted by molar-refractivity contribution is -0.114. The maximum absolute atomic E-state index is 12.4. The number of hydrogen-bond donors (Lipinski definition) is 3. The lowest BCUT2D eigenvalue weighted by Gasteiger charge is -2.15. The third-order valence-corrected chi connectivity index (χ3v) is 4.36. The van der Waals surface area contributed by atoms with Crippen LogP contribution in [0.5, 0.6) is 0 Å². The normalized spacial score (nSPS) is 11.7. The van der Waals surface area contributed by atoms with Gasteiger partial charge < -0.3 is 15.7 Å². The summed E-state index contributed by atoms with van der Waals surface area (Å²) in [5, 5.41) is 19.2. The minimum atomic E-state index is -1.08. The van der Waals surface area contributed by atoms with Gasteiger partial charge in [0.05, 0.1) is 17.8 Å². The van der Waals surface area contributed by atoms with Crippen molar-refractivity contribution in [2.75, 3.05) is 11.9 Å². The van der Waals surface area contributed by atoms with E-state index in [4.69, 9.17) is 5.11 Å². The largest absolute Gasteiger partial charge is 0.478 e. The van der Waals surface area contributed by atoms with Crippen LogP contribution >= 0.6 is 0 Å². The molecule has 3 N–H and O–H groups in total. The van der Waals surface area contributed by atoms with Crippen LogP contribution < -0.4 is 10.6 Å². The van der Waals surface area contributed by atoms with Crippen LogP contribution in [0.3, 0.4) is 0 Å². The SMILES string of the molecule is CC(=O)Nc1cc(C(C)NCC(=O)c2ccccc2)n(-c2ccc(C(=O)O)cn2)n1. The van der Waals surface area contributed by atoms with E-state index >= 15 is 0 Å². The number of hydrogen-bond acceptors (Lipinski definition) is 6. The number of pyridine rings is 1. The molecule has 30 heavy (non-hydrogen) atoms. The number of ketones is 1. The molecule has 2 heterocycles. The number of carboxylic acids is 1. The van der Waals surface area contributed by atoms with Crippen molar-refractivity contribution >= 4 is 23.5 Å². The van der Waals surface area contributed by atoms with Gasteiger partial charge in [-0.25, -0.2) is 14.5 Å². The molecule has 0 saturated carbocycles. The van der Waals surface area contributed by atoms with Crippen LogP contribution in [-0.4, -0.2) is 44.1 Å². The predicted molar refractivity (Wildman–Crippen MR) is 110 cm³/mol. The van der Waals surface area contributed by atoms with Crippen LogP contribution in [0.25, 0.3) is 5.82 Å². The molecule has 154 valence electrons. The molecule has 0 bridgehead atoms. The van der Waals surface area contributed by atoms with E-state index in [2.05, 4.69) is 20.7 Å². The Balaban J connectivity index is 1.84. The number of nitrogens with zero attached hydrogens (tertiary/aromatic N) is 3. The molecule has 9 heteroatoms. The van der Waals surface area contributed by atoms with Gasteiger partial charge in [-0.3, -0.25) is 9.59 Å². The van der Waals surface area contributed by atoms with Crippen LogP contribution in [0.2, 0.25) is 0 Å². The molecular formula is C21H21N5O4. The van der Waals surface area contributed by atoms with E-state index in [1.165, 1.54) is 29.9 Å². The number of aromatic carboxylic acids is 1. The van der Waals surface area contributed by atoms with E-state index in [0.717, 1.165) is 0 Å². The monoisotopic (exact) mass is 407 g/mol. The number of benzene rings is 1. The zero-order chi connectivity index (χ0) is 21.7. The van der Waals surface area contributed by atoms with Crippen LogP contribution in [0.4, 0.5) is 5.82 Å². The van der Waals surface area contributed by atoms with Crippen molar-refractivity contribution in [1.29, 1.82) is 0 Å². The molecule has 9 nitrogen and oxygen atoms in total. The van der Waals surface area contributed by atoms with Gasteiger partial charge in [0, 0.05) is 30.8 Å². The topological polar surface area (TPSA) is 126 Å². The zero-order valence-corrected chi connectivity index (χ0v) is 16.5. The second-order valence-electron chi connectivity index (χ2n) is 6.65. The van der Waals surface area contributed by atoms with E-state index in [0.29, 0.717) is 22.9 Å². The van der Waals surface area contributed by atoms with Gasteiger partial charge in [-0.2, -0.15) is 0 Å². The minimum absolute atomic E-state index is 0.0502. The van der Waals surface area contributed by atoms with E-state index in [9.17, 15) is 14.4 Å². The Kier molecular flexibility index (Phi) is 6.33. The van der Waals surface area contributed by atoms with Gasteiger partial charge in [0.25, 0.3) is 0 Å². The fourth-order valence-corrected chi connectivity index (χ4v) is 2.84. The highest BCUT2D eigenvalue weighted by atomic mass is 16.4. The molecule has 3 aromatic rings. The summed E-state index contributed by atoms with van der Waals surface area (Å²) in [6.45, 7) is 3.34. The average Bonchev–Trinajstić information content (AvgIpc) is 3.15. The summed E-state index contributed by atoms with van der Waals surface area (Å²) in [4.78, 5) is 39.0. The number of carbonyl (C=O) groups excluding carboxylic acids is 2. The second-order valence-corrected chi connectivity index (χ2v) is 6.65. The molecule has 3 rings (SSSR count). The summed E-state index contributed by atoms with van der Waals surface area (Å²) in [6, 6.07) is 13.3. The predicted octanol–water partition coefficient (Wildman–Crippen LogP) is 2.46. The maximum atomic E-state index is 12.4. The third-order valence-electron chi connectivity index (χ3n) is 4.36. The third kappa shape index (κ3) is 4.95. The number of Topliss-reactive ketones (excluding diaryl/α,β-unsaturated/α-hetero) is 1. The summed E-state index contributed by atoms with van der Waals surface area (Å²) >= 11 is 0. The van der Waals surface area contributed by atoms with Gasteiger partial charge in [0.15, 0.2) is 17.4 Å². The van der Waals surface area contributed by atoms with Gasteiger partial charge in [-0.05, 0) is 19.1 Å². The minimum Gasteiger partial charge on any atom is -0.478 e. The van der Waals surface area contributed by atoms with Crippen LogP contribution in [0.1, 0.15) is 46.3 Å². The number of nitrogens with one attached hydrogen (secondary N) is 2. The Labute approximate surface area is 172 Å². The molecule has 0 aliphatic carbocycles. The Morgan fingerprint density at radius 1 is 1.10 bits per heavy atom. The molecule has 2 aromatic heterocycles. The molecule has 1 atom stereocenters. The van der Waals surface area contributed by atoms with Crippen molar-refractivity contribution < 1.29 is 19.5 Å². The van der Waals surface area contributed by atoms with Crippen LogP contribution in [0, 0.1) is 0 Å². The summed E-state index contributed by atoms with van der Waals surface area (Å²) in [5.41, 5.74) is 1.31. The fourth-order valence-electron chi connectivity index (χ4n) is 2.84. The van der Waals surface area contributed by atoms with Gasteiger partial charge in [0.2, 0.25) is 5.91 Å². The molecule has 1 amide bonds. The fraction of sp³-hybridized carbons (Fsp3) is 0.190. The molecule has 0 radical (unpaired) electrons. The molecular weight excluding hydrogens is 386 g/mol. The number of carboxylic acid groups (broad SMARTS) is 1. The number of carbonyl (C=O) groups is 3. The first-order valence-electron chi connectivity index (χ1n) is 9.24. The van der Waals surface area contributed by atoms with Crippen LogP contribution in [-0.2, 0) is 4.79 Å². The molecule has 0 saturated heterocycles. The molecule has 1 unspecified atom stereocenters. The molecule has 0 aliphatic rings. The number of anilines is 1. The summed E-state index contributed by atoms with van der Waals surface area (Å²) < 4.78 is 1.50. The molecule has 0 aliphatic heterocycles. The second kappa shape index (κ2) is 9.10. The van der Waals surface area contributed by atoms with E-state index in [1.807, 2.05) is 13.0 Å². The van der Waals surface area contributed by atoms with Crippen molar-refractivity contribution in [3.05, 3.63) is 71.5 Å². The summed E-state index contributed by atoms with van der Waals surface area (Å²) in [7, 11) is 0. The number of rotatable bonds is 8. The van der Waals surface area contributed by atoms with Crippen LogP contribution in [0.15, 0.2) is 54.7 Å². The Hall–Kier alpha value is -3.85. The quantitative estimate of drug-likeness (QED) is 0.490. The lowest BCUT2D eigenvalue weighted by atomic mass is 10.1. The first-order chi connectivity index (χ1) is 14.3. The molecule has 1 aromatic carbocycles. The summed E-state index contributed by atoms with van der Waals surface area (Å²) in [6.07, 6.45) is 1.23. The van der Waals surface area contributed by atoms with Gasteiger partial charge in [0.1, 0.15) is 0 Å². The van der Waals surface area contributed by atoms with Gasteiger partial charge in [-0.1, -0.05) is 30.3 Å². The maximum Gasteiger partial charge on any atom is 0.337 e. The highest BCUT2D eigenvalue weighted by Gasteiger charge is 2.18. The Morgan fingerprint density at radius 3 is 2.43 bits per heavy atom. The Morgan fingerprint density at radius 2 is 1.83 bits per heavy atom. The van der Waals surface area contributed by atoms with Crippen molar-refractivity contribution in [2.24, 2.45) is 0 Å². The van der Waals surface area contributed by atoms with Gasteiger partial charge in [-0.15, -0.1) is 5.10 Å². The van der Waals surface area contributed by atoms with Crippen molar-refractivity contribution in [3.63, 3.8) is 0 Å². The first-order valence-corrected chi connectivity index (χ1v) is 9.24. The summed E-state index contributed by atoms with van der Waals surface area (Å²) in [5.74, 6) is -0.706. The van der Waals surface area contributed by atoms with E-state index in [1.54, 1.807) is 30.3 Å². The molecule has 0 spiro atoms. The average molecular weight is 407 g/mol. The van der Waals surface area contributed by atoms with Crippen molar-refractivity contribution in [2.45, 2.75) is 19.9 Å². The number of aromatic nitrogens is 3. The lowest BCUT2D eigenvalue weighted by Crippen LogP contribution is -2.27. The highest BCUT2D eigenvalue weighted by Crippen LogP contribution is 2.21. The van der Waals surface area contributed by atoms with Crippen molar-refractivity contribution in [3.8, 4) is 5.82 Å². The standard InChI is InChI=1S/C21H21N5O4/c1-13(22-12-18(28)15-6-4-3-5-7-15)17-10-19(24-14(2)27)25-26(17)20-9-8-16(11-23-20)21(29)30/h3-11,13,22H,12H2,1-2H3,(H,29,30)(H,24,25,27). The van der Waals surface area contributed by atoms with E-state index in [-0.39, 0.29) is 29.8 Å². The molecule has 0 fully saturated rings. The number of amides is 1. The van der Waals surface area contributed by atoms with Gasteiger partial charge >= 0.3 is 5.97 Å². The van der Waals surface area contributed by atoms with Crippen molar-refractivity contribution in [1.82, 2.24) is 20.1 Å². The Bertz CT molecular complexity index is 1060. The first kappa shape index (κ1) is 20.9. The highest BCUT2D eigenvalue weighted by molar-refractivity contribution is 5.97. The van der Waals surface area contributed by atoms with E-state index < -0.39 is 5.97 Å².